The van der Waals surface area contributed by atoms with Gasteiger partial charge >= 0.3 is 0 Å². The highest BCUT2D eigenvalue weighted by atomic mass is 32.2. The summed E-state index contributed by atoms with van der Waals surface area (Å²) in [4.78, 5) is 2.66. The molecule has 0 spiro atoms. The van der Waals surface area contributed by atoms with E-state index in [-0.39, 0.29) is 6.04 Å². The molecule has 1 atom stereocenters. The molecular weight excluding hydrogens is 348 g/mol. The fourth-order valence-corrected chi connectivity index (χ4v) is 4.47. The molecule has 140 valence electrons. The van der Waals surface area contributed by atoms with Crippen LogP contribution in [-0.4, -0.2) is 40.1 Å². The van der Waals surface area contributed by atoms with E-state index in [1.807, 2.05) is 30.3 Å². The summed E-state index contributed by atoms with van der Waals surface area (Å²) in [5.74, 6) is 0.787. The van der Waals surface area contributed by atoms with E-state index in [4.69, 9.17) is 4.74 Å². The molecule has 0 aliphatic carbocycles. The molecule has 0 radical (unpaired) electrons. The van der Waals surface area contributed by atoms with Crippen molar-refractivity contribution in [2.24, 2.45) is 0 Å². The maximum absolute atomic E-state index is 12.6. The van der Waals surface area contributed by atoms with Gasteiger partial charge in [-0.15, -0.1) is 0 Å². The summed E-state index contributed by atoms with van der Waals surface area (Å²) >= 11 is 0. The zero-order valence-corrected chi connectivity index (χ0v) is 15.9. The monoisotopic (exact) mass is 374 g/mol. The molecule has 1 aliphatic heterocycles. The lowest BCUT2D eigenvalue weighted by Crippen LogP contribution is -2.40. The number of methoxy groups -OCH3 is 1. The number of ether oxygens (including phenoxy) is 1. The SMILES string of the molecule is COc1cccc(C(CNS(=O)(=O)c2ccccc2)N2CCCCC2)c1. The number of hydrogen-bond acceptors (Lipinski definition) is 4. The first-order valence-corrected chi connectivity index (χ1v) is 10.5. The van der Waals surface area contributed by atoms with Crippen LogP contribution in [0.1, 0.15) is 30.9 Å². The number of benzene rings is 2. The molecule has 0 amide bonds. The minimum atomic E-state index is -3.53. The number of sulfonamides is 1. The Labute approximate surface area is 156 Å². The summed E-state index contributed by atoms with van der Waals surface area (Å²) < 4.78 is 33.4. The first-order chi connectivity index (χ1) is 12.6. The number of hydrogen-bond donors (Lipinski definition) is 1. The summed E-state index contributed by atoms with van der Waals surface area (Å²) in [5.41, 5.74) is 1.07. The van der Waals surface area contributed by atoms with Crippen LogP contribution in [0, 0.1) is 0 Å². The molecule has 2 aromatic rings. The lowest BCUT2D eigenvalue weighted by Gasteiger charge is -2.35. The molecule has 1 saturated heterocycles. The Morgan fingerprint density at radius 1 is 1.04 bits per heavy atom. The smallest absolute Gasteiger partial charge is 0.240 e. The molecule has 1 fully saturated rings. The highest BCUT2D eigenvalue weighted by Gasteiger charge is 2.25. The molecule has 1 aliphatic rings. The molecule has 1 N–H and O–H groups in total. The van der Waals surface area contributed by atoms with Crippen LogP contribution in [0.2, 0.25) is 0 Å². The number of nitrogens with zero attached hydrogens (tertiary/aromatic N) is 1. The molecule has 2 aromatic carbocycles. The first-order valence-electron chi connectivity index (χ1n) is 9.03. The van der Waals surface area contributed by atoms with E-state index in [0.717, 1.165) is 37.2 Å². The van der Waals surface area contributed by atoms with Crippen LogP contribution >= 0.6 is 0 Å². The summed E-state index contributed by atoms with van der Waals surface area (Å²) in [6, 6.07) is 16.4. The molecule has 6 heteroatoms. The molecule has 1 heterocycles. The third-order valence-electron chi connectivity index (χ3n) is 4.83. The van der Waals surface area contributed by atoms with Gasteiger partial charge in [-0.1, -0.05) is 36.8 Å². The van der Waals surface area contributed by atoms with Gasteiger partial charge in [-0.25, -0.2) is 13.1 Å². The van der Waals surface area contributed by atoms with Crippen molar-refractivity contribution in [3.05, 3.63) is 60.2 Å². The minimum Gasteiger partial charge on any atom is -0.497 e. The van der Waals surface area contributed by atoms with Gasteiger partial charge < -0.3 is 4.74 Å². The van der Waals surface area contributed by atoms with Crippen LogP contribution in [0.25, 0.3) is 0 Å². The average molecular weight is 375 g/mol. The highest BCUT2D eigenvalue weighted by Crippen LogP contribution is 2.27. The normalized spacial score (nSPS) is 17.0. The molecular formula is C20H26N2O3S. The number of rotatable bonds is 7. The molecule has 3 rings (SSSR count). The van der Waals surface area contributed by atoms with E-state index in [0.29, 0.717) is 11.4 Å². The summed E-state index contributed by atoms with van der Waals surface area (Å²) in [6.45, 7) is 2.30. The fourth-order valence-electron chi connectivity index (χ4n) is 3.41. The molecule has 26 heavy (non-hydrogen) atoms. The van der Waals surface area contributed by atoms with Gasteiger partial charge in [0.25, 0.3) is 0 Å². The third-order valence-corrected chi connectivity index (χ3v) is 6.27. The average Bonchev–Trinajstić information content (AvgIpc) is 2.70. The molecule has 1 unspecified atom stereocenters. The van der Waals surface area contributed by atoms with E-state index in [2.05, 4.69) is 9.62 Å². The van der Waals surface area contributed by atoms with E-state index in [9.17, 15) is 8.42 Å². The number of piperidine rings is 1. The first kappa shape index (κ1) is 18.9. The molecule has 0 bridgehead atoms. The van der Waals surface area contributed by atoms with E-state index < -0.39 is 10.0 Å². The number of nitrogens with one attached hydrogen (secondary N) is 1. The van der Waals surface area contributed by atoms with E-state index in [1.54, 1.807) is 31.4 Å². The van der Waals surface area contributed by atoms with E-state index >= 15 is 0 Å². The zero-order chi connectivity index (χ0) is 18.4. The van der Waals surface area contributed by atoms with Crippen LogP contribution < -0.4 is 9.46 Å². The lowest BCUT2D eigenvalue weighted by molar-refractivity contribution is 0.164. The molecule has 0 aromatic heterocycles. The standard InChI is InChI=1S/C20H26N2O3S/c1-25-18-10-8-9-17(15-18)20(22-13-6-3-7-14-22)16-21-26(23,24)19-11-4-2-5-12-19/h2,4-5,8-12,15,20-21H,3,6-7,13-14,16H2,1H3. The van der Waals surface area contributed by atoms with Crippen molar-refractivity contribution >= 4 is 10.0 Å². The quantitative estimate of drug-likeness (QED) is 0.809. The predicted octanol–water partition coefficient (Wildman–Crippen LogP) is 3.20. The van der Waals surface area contributed by atoms with Crippen molar-refractivity contribution in [2.75, 3.05) is 26.7 Å². The Morgan fingerprint density at radius 2 is 1.77 bits per heavy atom. The number of likely N-dealkylation sites (tertiary alicyclic amines) is 1. The van der Waals surface area contributed by atoms with Gasteiger partial charge in [-0.3, -0.25) is 4.90 Å². The lowest BCUT2D eigenvalue weighted by atomic mass is 10.0. The highest BCUT2D eigenvalue weighted by molar-refractivity contribution is 7.89. The van der Waals surface area contributed by atoms with Crippen molar-refractivity contribution in [3.8, 4) is 5.75 Å². The van der Waals surface area contributed by atoms with Gasteiger partial charge in [0.2, 0.25) is 10.0 Å². The maximum atomic E-state index is 12.6. The molecule has 5 nitrogen and oxygen atoms in total. The van der Waals surface area contributed by atoms with Crippen LogP contribution in [0.4, 0.5) is 0 Å². The Kier molecular flexibility index (Phi) is 6.29. The van der Waals surface area contributed by atoms with Crippen LogP contribution in [0.5, 0.6) is 5.75 Å². The Morgan fingerprint density at radius 3 is 2.46 bits per heavy atom. The van der Waals surface area contributed by atoms with Gasteiger partial charge in [0.1, 0.15) is 5.75 Å². The maximum Gasteiger partial charge on any atom is 0.240 e. The minimum absolute atomic E-state index is 0.0103. The van der Waals surface area contributed by atoms with Crippen molar-refractivity contribution in [1.29, 1.82) is 0 Å². The zero-order valence-electron chi connectivity index (χ0n) is 15.1. The third kappa shape index (κ3) is 4.63. The Hall–Kier alpha value is -1.89. The second-order valence-electron chi connectivity index (χ2n) is 6.55. The second-order valence-corrected chi connectivity index (χ2v) is 8.32. The van der Waals surface area contributed by atoms with Gasteiger partial charge in [0, 0.05) is 12.6 Å². The van der Waals surface area contributed by atoms with Crippen molar-refractivity contribution < 1.29 is 13.2 Å². The summed E-state index contributed by atoms with van der Waals surface area (Å²) in [7, 11) is -1.88. The fraction of sp³-hybridized carbons (Fsp3) is 0.400. The topological polar surface area (TPSA) is 58.6 Å². The summed E-state index contributed by atoms with van der Waals surface area (Å²) in [6.07, 6.45) is 3.52. The summed E-state index contributed by atoms with van der Waals surface area (Å²) in [5, 5.41) is 0. The van der Waals surface area contributed by atoms with Crippen molar-refractivity contribution in [3.63, 3.8) is 0 Å². The van der Waals surface area contributed by atoms with Crippen LogP contribution in [0.15, 0.2) is 59.5 Å². The van der Waals surface area contributed by atoms with Gasteiger partial charge in [0.05, 0.1) is 12.0 Å². The second kappa shape index (κ2) is 8.66. The van der Waals surface area contributed by atoms with Gasteiger partial charge in [-0.05, 0) is 55.8 Å². The predicted molar refractivity (Wildman–Crippen MR) is 103 cm³/mol. The Balaban J connectivity index is 1.81. The largest absolute Gasteiger partial charge is 0.497 e. The molecule has 0 saturated carbocycles. The van der Waals surface area contributed by atoms with Gasteiger partial charge in [0.15, 0.2) is 0 Å². The van der Waals surface area contributed by atoms with Crippen LogP contribution in [0.3, 0.4) is 0 Å². The van der Waals surface area contributed by atoms with Crippen molar-refractivity contribution in [2.45, 2.75) is 30.2 Å². The van der Waals surface area contributed by atoms with E-state index in [1.165, 1.54) is 6.42 Å². The van der Waals surface area contributed by atoms with Gasteiger partial charge in [-0.2, -0.15) is 0 Å². The van der Waals surface area contributed by atoms with Crippen molar-refractivity contribution in [1.82, 2.24) is 9.62 Å². The Bertz CT molecular complexity index is 803. The van der Waals surface area contributed by atoms with Crippen LogP contribution in [-0.2, 0) is 10.0 Å².